The van der Waals surface area contributed by atoms with Crippen LogP contribution < -0.4 is 10.6 Å². The molecule has 2 amide bonds. The van der Waals surface area contributed by atoms with E-state index in [2.05, 4.69) is 97.8 Å². The molecule has 0 saturated heterocycles. The van der Waals surface area contributed by atoms with Crippen molar-refractivity contribution in [2.75, 3.05) is 6.54 Å². The highest BCUT2D eigenvalue weighted by atomic mass is 16.2. The lowest BCUT2D eigenvalue weighted by molar-refractivity contribution is -0.124. The molecule has 0 atom stereocenters. The Balaban J connectivity index is 0.000000797. The summed E-state index contributed by atoms with van der Waals surface area (Å²) in [5.41, 5.74) is 7.20. The van der Waals surface area contributed by atoms with Crippen LogP contribution in [0.1, 0.15) is 73.6 Å². The van der Waals surface area contributed by atoms with Crippen molar-refractivity contribution in [2.24, 2.45) is 17.8 Å². The number of carbonyl (C=O) groups is 2. The number of rotatable bonds is 9. The van der Waals surface area contributed by atoms with Gasteiger partial charge in [0.05, 0.1) is 6.54 Å². The fourth-order valence-corrected chi connectivity index (χ4v) is 3.91. The van der Waals surface area contributed by atoms with E-state index < -0.39 is 0 Å². The molecule has 3 rings (SSSR count). The van der Waals surface area contributed by atoms with Gasteiger partial charge in [0, 0.05) is 26.8 Å². The first-order valence-corrected chi connectivity index (χ1v) is 14.4. The minimum atomic E-state index is 0. The number of hydrogen-bond donors (Lipinski definition) is 2. The second-order valence-electron chi connectivity index (χ2n) is 11.1. The second-order valence-corrected chi connectivity index (χ2v) is 11.1. The Morgan fingerprint density at radius 2 is 1.35 bits per heavy atom. The molecular formula is C36H50N2O2. The number of carbonyl (C=O) groups excluding carboxylic acids is 2. The Hall–Kier alpha value is -3.84. The zero-order valence-electron chi connectivity index (χ0n) is 25.3. The van der Waals surface area contributed by atoms with E-state index in [0.717, 1.165) is 24.0 Å². The predicted octanol–water partition coefficient (Wildman–Crippen LogP) is 7.69. The minimum Gasteiger partial charge on any atom is -0.352 e. The van der Waals surface area contributed by atoms with Gasteiger partial charge in [0.25, 0.3) is 0 Å². The molecule has 0 aliphatic heterocycles. The molecule has 40 heavy (non-hydrogen) atoms. The summed E-state index contributed by atoms with van der Waals surface area (Å²) in [7, 11) is 0. The quantitative estimate of drug-likeness (QED) is 0.272. The van der Waals surface area contributed by atoms with Gasteiger partial charge in [-0.15, -0.1) is 0 Å². The first-order chi connectivity index (χ1) is 19.1. The topological polar surface area (TPSA) is 58.2 Å². The molecule has 0 spiro atoms. The van der Waals surface area contributed by atoms with Crippen molar-refractivity contribution in [1.29, 1.82) is 0 Å². The van der Waals surface area contributed by atoms with Crippen molar-refractivity contribution in [1.82, 2.24) is 10.6 Å². The van der Waals surface area contributed by atoms with Gasteiger partial charge in [-0.25, -0.2) is 0 Å². The summed E-state index contributed by atoms with van der Waals surface area (Å²) < 4.78 is 0. The van der Waals surface area contributed by atoms with Crippen LogP contribution >= 0.6 is 0 Å². The normalized spacial score (nSPS) is 10.4. The molecule has 216 valence electrons. The van der Waals surface area contributed by atoms with E-state index in [1.807, 2.05) is 45.9 Å². The highest BCUT2D eigenvalue weighted by molar-refractivity contribution is 5.78. The summed E-state index contributed by atoms with van der Waals surface area (Å²) in [6, 6.07) is 25.3. The highest BCUT2D eigenvalue weighted by Crippen LogP contribution is 2.22. The van der Waals surface area contributed by atoms with Gasteiger partial charge in [-0.1, -0.05) is 115 Å². The minimum absolute atomic E-state index is 0. The smallest absolute Gasteiger partial charge is 0.223 e. The summed E-state index contributed by atoms with van der Waals surface area (Å²) in [4.78, 5) is 23.0. The Morgan fingerprint density at radius 1 is 0.725 bits per heavy atom. The molecule has 0 fully saturated rings. The number of benzene rings is 3. The van der Waals surface area contributed by atoms with E-state index in [1.165, 1.54) is 22.3 Å². The zero-order chi connectivity index (χ0) is 29.5. The highest BCUT2D eigenvalue weighted by Gasteiger charge is 2.07. The second kappa shape index (κ2) is 17.0. The lowest BCUT2D eigenvalue weighted by Gasteiger charge is -2.10. The maximum Gasteiger partial charge on any atom is 0.223 e. The Morgan fingerprint density at radius 3 is 1.98 bits per heavy atom. The molecule has 2 N–H and O–H groups in total. The third-order valence-corrected chi connectivity index (χ3v) is 6.29. The largest absolute Gasteiger partial charge is 0.352 e. The van der Waals surface area contributed by atoms with E-state index in [-0.39, 0.29) is 26.5 Å². The number of nitrogens with one attached hydrogen (secondary N) is 2. The summed E-state index contributed by atoms with van der Waals surface area (Å²) in [5.74, 6) is 6.85. The van der Waals surface area contributed by atoms with E-state index >= 15 is 0 Å². The summed E-state index contributed by atoms with van der Waals surface area (Å²) in [6.45, 7) is 15.1. The van der Waals surface area contributed by atoms with Crippen molar-refractivity contribution in [3.05, 3.63) is 95.1 Å². The summed E-state index contributed by atoms with van der Waals surface area (Å²) in [6.07, 6.45) is 2.13. The van der Waals surface area contributed by atoms with Crippen LogP contribution in [-0.2, 0) is 29.0 Å². The molecular weight excluding hydrogens is 492 g/mol. The lowest BCUT2D eigenvalue weighted by atomic mass is 9.98. The molecule has 3 aromatic rings. The van der Waals surface area contributed by atoms with Crippen molar-refractivity contribution in [3.63, 3.8) is 0 Å². The number of hydrogen-bond acceptors (Lipinski definition) is 2. The van der Waals surface area contributed by atoms with Gasteiger partial charge in [0.1, 0.15) is 0 Å². The van der Waals surface area contributed by atoms with Crippen LogP contribution in [0.15, 0.2) is 72.8 Å². The third kappa shape index (κ3) is 11.9. The van der Waals surface area contributed by atoms with Crippen LogP contribution in [0.5, 0.6) is 0 Å². The predicted molar refractivity (Wildman–Crippen MR) is 172 cm³/mol. The molecule has 0 heterocycles. The monoisotopic (exact) mass is 542 g/mol. The first kappa shape index (κ1) is 32.4. The Labute approximate surface area is 245 Å². The molecule has 0 unspecified atom stereocenters. The van der Waals surface area contributed by atoms with Crippen LogP contribution in [0.3, 0.4) is 0 Å². The van der Waals surface area contributed by atoms with E-state index in [9.17, 15) is 9.59 Å². The standard InChI is InChI=1S/C21H27NO.C15H19NO.2H2/c1-15(2)12-17-8-10-19(11-9-17)20-7-5-6-18(13-20)14-22-21(23)16(3)4;1-4-13-7-5-8-14(11-13)9-6-10-16-15(17)12(2)3;;/h5-11,13,15-16H,12,14H2,1-4H3,(H,22,23);5,7-8,11-12H,4,10H2,1-3H3,(H,16,17);2*1H. The fraction of sp³-hybridized carbons (Fsp3) is 0.389. The molecule has 0 aliphatic carbocycles. The van der Waals surface area contributed by atoms with Crippen molar-refractivity contribution < 1.29 is 12.4 Å². The molecule has 0 bridgehead atoms. The van der Waals surface area contributed by atoms with Crippen molar-refractivity contribution >= 4 is 11.8 Å². The van der Waals surface area contributed by atoms with Crippen LogP contribution in [0.2, 0.25) is 0 Å². The molecule has 0 aromatic heterocycles. The van der Waals surface area contributed by atoms with E-state index in [4.69, 9.17) is 0 Å². The average Bonchev–Trinajstić information content (AvgIpc) is 2.94. The van der Waals surface area contributed by atoms with Gasteiger partial charge in [-0.2, -0.15) is 0 Å². The van der Waals surface area contributed by atoms with Crippen molar-refractivity contribution in [3.8, 4) is 23.0 Å². The summed E-state index contributed by atoms with van der Waals surface area (Å²) in [5, 5.41) is 5.74. The molecule has 3 aromatic carbocycles. The maximum absolute atomic E-state index is 11.7. The zero-order valence-corrected chi connectivity index (χ0v) is 25.3. The third-order valence-electron chi connectivity index (χ3n) is 6.29. The molecule has 4 heteroatoms. The van der Waals surface area contributed by atoms with Crippen LogP contribution in [-0.4, -0.2) is 18.4 Å². The van der Waals surface area contributed by atoms with Crippen molar-refractivity contribution in [2.45, 2.75) is 67.9 Å². The number of aryl methyl sites for hydroxylation is 1. The summed E-state index contributed by atoms with van der Waals surface area (Å²) >= 11 is 0. The van der Waals surface area contributed by atoms with Gasteiger partial charge in [-0.05, 0) is 64.8 Å². The van der Waals surface area contributed by atoms with Crippen LogP contribution in [0.4, 0.5) is 0 Å². The van der Waals surface area contributed by atoms with E-state index in [1.54, 1.807) is 0 Å². The molecule has 0 aliphatic rings. The van der Waals surface area contributed by atoms with Gasteiger partial charge in [0.2, 0.25) is 11.8 Å². The lowest BCUT2D eigenvalue weighted by Crippen LogP contribution is -2.27. The van der Waals surface area contributed by atoms with Gasteiger partial charge < -0.3 is 10.6 Å². The van der Waals surface area contributed by atoms with Gasteiger partial charge in [-0.3, -0.25) is 9.59 Å². The fourth-order valence-electron chi connectivity index (χ4n) is 3.91. The average molecular weight is 543 g/mol. The molecule has 4 nitrogen and oxygen atoms in total. The first-order valence-electron chi connectivity index (χ1n) is 14.4. The Kier molecular flexibility index (Phi) is 13.7. The maximum atomic E-state index is 11.7. The van der Waals surface area contributed by atoms with E-state index in [0.29, 0.717) is 19.0 Å². The van der Waals surface area contributed by atoms with Crippen LogP contribution in [0.25, 0.3) is 11.1 Å². The van der Waals surface area contributed by atoms with Gasteiger partial charge >= 0.3 is 0 Å². The van der Waals surface area contributed by atoms with Crippen LogP contribution in [0, 0.1) is 29.6 Å². The molecule has 0 radical (unpaired) electrons. The molecule has 0 saturated carbocycles. The Bertz CT molecular complexity index is 1290. The number of amides is 2. The SMILES string of the molecule is CC(C)Cc1ccc(-c2cccc(CNC(=O)C(C)C)c2)cc1.CCc1cccc(C#CCNC(=O)C(C)C)c1.[HH].[HH]. The van der Waals surface area contributed by atoms with Gasteiger partial charge in [0.15, 0.2) is 0 Å².